The smallest absolute Gasteiger partial charge is 0.407 e. The highest BCUT2D eigenvalue weighted by molar-refractivity contribution is 7.90. The average molecular weight is 370 g/mol. The third-order valence-electron chi connectivity index (χ3n) is 5.21. The molecule has 0 aromatic rings. The van der Waals surface area contributed by atoms with E-state index in [1.807, 2.05) is 0 Å². The Kier molecular flexibility index (Phi) is 5.38. The van der Waals surface area contributed by atoms with Gasteiger partial charge in [0, 0.05) is 24.5 Å². The first kappa shape index (κ1) is 19.7. The molecule has 2 rings (SSSR count). The lowest BCUT2D eigenvalue weighted by molar-refractivity contribution is -0.175. The fourth-order valence-electron chi connectivity index (χ4n) is 3.68. The van der Waals surface area contributed by atoms with Crippen LogP contribution in [0.3, 0.4) is 0 Å². The van der Waals surface area contributed by atoms with E-state index in [-0.39, 0.29) is 25.9 Å². The second kappa shape index (κ2) is 6.57. The number of carbonyl (C=O) groups is 1. The molecular formula is C15H25F3N2O3S. The number of halogens is 3. The molecule has 5 nitrogen and oxygen atoms in total. The Morgan fingerprint density at radius 3 is 2.25 bits per heavy atom. The van der Waals surface area contributed by atoms with Crippen molar-refractivity contribution in [1.29, 1.82) is 0 Å². The first-order valence-corrected chi connectivity index (χ1v) is 9.23. The lowest BCUT2D eigenvalue weighted by Gasteiger charge is -2.43. The van der Waals surface area contributed by atoms with Gasteiger partial charge in [0.05, 0.1) is 12.0 Å². The van der Waals surface area contributed by atoms with Gasteiger partial charge in [-0.1, -0.05) is 0 Å². The molecule has 1 spiro atoms. The van der Waals surface area contributed by atoms with Crippen LogP contribution in [0.25, 0.3) is 0 Å². The predicted octanol–water partition coefficient (Wildman–Crippen LogP) is 3.14. The van der Waals surface area contributed by atoms with Crippen molar-refractivity contribution >= 4 is 17.5 Å². The summed E-state index contributed by atoms with van der Waals surface area (Å²) in [6.45, 7) is 5.75. The SMILES string of the molecule is CC(C)(C)[S@@+]([O-])N[C@@H]1C[C@H](C(F)(F)F)CC12CCN(C(=O)O)CC2. The average Bonchev–Trinajstić information content (AvgIpc) is 2.77. The van der Waals surface area contributed by atoms with Gasteiger partial charge in [0.1, 0.15) is 4.75 Å². The Bertz CT molecular complexity index is 474. The van der Waals surface area contributed by atoms with Gasteiger partial charge in [-0.3, -0.25) is 0 Å². The second-order valence-electron chi connectivity index (χ2n) is 7.86. The second-order valence-corrected chi connectivity index (χ2v) is 9.86. The molecule has 1 saturated carbocycles. The number of hydrogen-bond donors (Lipinski definition) is 2. The standard InChI is InChI=1S/C15H25F3N2O3S/c1-13(2,3)24(23)19-11-8-10(15(16,17)18)9-14(11)4-6-20(7-5-14)12(21)22/h10-11,19H,4-9H2,1-3H3,(H,21,22)/t10-,11+,24+/m0/s1. The number of amides is 1. The first-order chi connectivity index (χ1) is 10.8. The normalized spacial score (nSPS) is 29.0. The van der Waals surface area contributed by atoms with Crippen LogP contribution >= 0.6 is 0 Å². The minimum absolute atomic E-state index is 0.0248. The molecule has 140 valence electrons. The quantitative estimate of drug-likeness (QED) is 0.732. The maximum absolute atomic E-state index is 13.2. The van der Waals surface area contributed by atoms with Gasteiger partial charge >= 0.3 is 12.3 Å². The molecule has 0 radical (unpaired) electrons. The summed E-state index contributed by atoms with van der Waals surface area (Å²) in [4.78, 5) is 12.3. The first-order valence-electron chi connectivity index (χ1n) is 8.08. The molecule has 0 aromatic carbocycles. The number of carboxylic acid groups (broad SMARTS) is 1. The molecule has 1 aliphatic carbocycles. The molecule has 0 aromatic heterocycles. The van der Waals surface area contributed by atoms with Crippen LogP contribution in [0.5, 0.6) is 0 Å². The summed E-state index contributed by atoms with van der Waals surface area (Å²) < 4.78 is 54.5. The van der Waals surface area contributed by atoms with E-state index in [9.17, 15) is 22.5 Å². The van der Waals surface area contributed by atoms with Gasteiger partial charge in [-0.15, -0.1) is 4.72 Å². The van der Waals surface area contributed by atoms with Gasteiger partial charge in [0.2, 0.25) is 0 Å². The summed E-state index contributed by atoms with van der Waals surface area (Å²) in [5.74, 6) is -1.43. The monoisotopic (exact) mass is 370 g/mol. The van der Waals surface area contributed by atoms with Crippen molar-refractivity contribution < 1.29 is 27.6 Å². The zero-order valence-electron chi connectivity index (χ0n) is 14.2. The van der Waals surface area contributed by atoms with E-state index in [0.717, 1.165) is 0 Å². The summed E-state index contributed by atoms with van der Waals surface area (Å²) in [7, 11) is 0. The van der Waals surface area contributed by atoms with Crippen molar-refractivity contribution in [2.24, 2.45) is 11.3 Å². The Labute approximate surface area is 143 Å². The molecule has 1 amide bonds. The van der Waals surface area contributed by atoms with Crippen molar-refractivity contribution in [2.45, 2.75) is 63.4 Å². The number of likely N-dealkylation sites (tertiary alicyclic amines) is 1. The third kappa shape index (κ3) is 4.11. The van der Waals surface area contributed by atoms with E-state index in [1.165, 1.54) is 4.90 Å². The van der Waals surface area contributed by atoms with Gasteiger partial charge in [-0.2, -0.15) is 13.2 Å². The number of alkyl halides is 3. The molecule has 3 atom stereocenters. The Hall–Kier alpha value is -0.670. The van der Waals surface area contributed by atoms with Crippen molar-refractivity contribution in [1.82, 2.24) is 9.62 Å². The number of hydrogen-bond acceptors (Lipinski definition) is 3. The zero-order valence-corrected chi connectivity index (χ0v) is 15.0. The Morgan fingerprint density at radius 1 is 1.29 bits per heavy atom. The highest BCUT2D eigenvalue weighted by atomic mass is 32.2. The van der Waals surface area contributed by atoms with Crippen LogP contribution < -0.4 is 4.72 Å². The number of piperidine rings is 1. The summed E-state index contributed by atoms with van der Waals surface area (Å²) in [6.07, 6.45) is -4.72. The highest BCUT2D eigenvalue weighted by Gasteiger charge is 2.57. The van der Waals surface area contributed by atoms with E-state index in [4.69, 9.17) is 5.11 Å². The lowest BCUT2D eigenvalue weighted by atomic mass is 9.74. The van der Waals surface area contributed by atoms with Crippen molar-refractivity contribution in [3.63, 3.8) is 0 Å². The minimum Gasteiger partial charge on any atom is -0.598 e. The van der Waals surface area contributed by atoms with Crippen LogP contribution in [0.2, 0.25) is 0 Å². The number of rotatable bonds is 2. The van der Waals surface area contributed by atoms with Crippen molar-refractivity contribution in [3.8, 4) is 0 Å². The van der Waals surface area contributed by atoms with Crippen LogP contribution in [0.15, 0.2) is 0 Å². The van der Waals surface area contributed by atoms with Gasteiger partial charge in [-0.05, 0) is 51.9 Å². The van der Waals surface area contributed by atoms with Gasteiger partial charge in [0.15, 0.2) is 0 Å². The molecule has 2 N–H and O–H groups in total. The van der Waals surface area contributed by atoms with E-state index in [1.54, 1.807) is 20.8 Å². The summed E-state index contributed by atoms with van der Waals surface area (Å²) in [5, 5.41) is 9.05. The molecule has 1 heterocycles. The van der Waals surface area contributed by atoms with Crippen LogP contribution in [0.4, 0.5) is 18.0 Å². The summed E-state index contributed by atoms with van der Waals surface area (Å²) in [5.41, 5.74) is -0.646. The molecule has 9 heteroatoms. The van der Waals surface area contributed by atoms with Crippen LogP contribution in [-0.2, 0) is 11.4 Å². The minimum atomic E-state index is -4.28. The summed E-state index contributed by atoms with van der Waals surface area (Å²) >= 11 is -1.46. The molecule has 2 aliphatic rings. The zero-order chi connectivity index (χ0) is 18.3. The van der Waals surface area contributed by atoms with Crippen LogP contribution in [0.1, 0.15) is 46.5 Å². The predicted molar refractivity (Wildman–Crippen MR) is 84.9 cm³/mol. The maximum atomic E-state index is 13.2. The highest BCUT2D eigenvalue weighted by Crippen LogP contribution is 2.53. The maximum Gasteiger partial charge on any atom is 0.407 e. The lowest BCUT2D eigenvalue weighted by Crippen LogP contribution is -2.53. The van der Waals surface area contributed by atoms with E-state index < -0.39 is 45.8 Å². The van der Waals surface area contributed by atoms with Crippen LogP contribution in [-0.4, -0.2) is 50.7 Å². The molecular weight excluding hydrogens is 345 g/mol. The van der Waals surface area contributed by atoms with Gasteiger partial charge in [-0.25, -0.2) is 4.79 Å². The van der Waals surface area contributed by atoms with Crippen molar-refractivity contribution in [2.75, 3.05) is 13.1 Å². The topological polar surface area (TPSA) is 75.6 Å². The van der Waals surface area contributed by atoms with E-state index in [2.05, 4.69) is 4.72 Å². The van der Waals surface area contributed by atoms with Crippen LogP contribution in [0, 0.1) is 11.3 Å². The molecule has 1 aliphatic heterocycles. The molecule has 1 saturated heterocycles. The van der Waals surface area contributed by atoms with Gasteiger partial charge < -0.3 is 14.6 Å². The molecule has 2 fully saturated rings. The Balaban J connectivity index is 2.17. The molecule has 24 heavy (non-hydrogen) atoms. The number of nitrogens with one attached hydrogen (secondary N) is 1. The van der Waals surface area contributed by atoms with E-state index >= 15 is 0 Å². The molecule has 0 unspecified atom stereocenters. The Morgan fingerprint density at radius 2 is 1.83 bits per heavy atom. The number of nitrogens with zero attached hydrogens (tertiary/aromatic N) is 1. The van der Waals surface area contributed by atoms with Crippen molar-refractivity contribution in [3.05, 3.63) is 0 Å². The largest absolute Gasteiger partial charge is 0.598 e. The fourth-order valence-corrected chi connectivity index (χ4v) is 4.63. The fraction of sp³-hybridized carbons (Fsp3) is 0.933. The van der Waals surface area contributed by atoms with E-state index in [0.29, 0.717) is 12.8 Å². The van der Waals surface area contributed by atoms with Gasteiger partial charge in [0.25, 0.3) is 0 Å². The molecule has 0 bridgehead atoms. The third-order valence-corrected chi connectivity index (χ3v) is 6.82. The summed E-state index contributed by atoms with van der Waals surface area (Å²) in [6, 6.07) is -0.514.